The molecule has 0 radical (unpaired) electrons. The maximum absolute atomic E-state index is 11.4. The summed E-state index contributed by atoms with van der Waals surface area (Å²) in [6.45, 7) is 5.39. The minimum atomic E-state index is -0.834. The second-order valence-corrected chi connectivity index (χ2v) is 5.97. The van der Waals surface area contributed by atoms with Crippen LogP contribution in [-0.2, 0) is 0 Å². The maximum Gasteiger partial charge on any atom is 0.337 e. The second-order valence-electron chi connectivity index (χ2n) is 5.97. The average Bonchev–Trinajstić information content (AvgIpc) is 2.46. The highest BCUT2D eigenvalue weighted by Gasteiger charge is 2.34. The number of para-hydroxylation sites is 1. The van der Waals surface area contributed by atoms with Crippen LogP contribution in [0.25, 0.3) is 0 Å². The molecule has 4 nitrogen and oxygen atoms in total. The Morgan fingerprint density at radius 2 is 2.05 bits per heavy atom. The molecule has 2 fully saturated rings. The van der Waals surface area contributed by atoms with Gasteiger partial charge in [-0.3, -0.25) is 4.90 Å². The van der Waals surface area contributed by atoms with E-state index in [0.717, 1.165) is 18.8 Å². The molecule has 2 unspecified atom stereocenters. The number of nitrogens with zero attached hydrogens (tertiary/aromatic N) is 2. The largest absolute Gasteiger partial charge is 0.478 e. The van der Waals surface area contributed by atoms with Crippen LogP contribution in [0.4, 0.5) is 5.69 Å². The first-order valence-electron chi connectivity index (χ1n) is 7.50. The molecule has 1 aromatic rings. The molecule has 2 aliphatic heterocycles. The van der Waals surface area contributed by atoms with Gasteiger partial charge in [-0.2, -0.15) is 0 Å². The van der Waals surface area contributed by atoms with Crippen LogP contribution in [0, 0.1) is 0 Å². The molecule has 2 atom stereocenters. The molecule has 0 spiro atoms. The Bertz CT molecular complexity index is 503. The number of piperidine rings is 1. The van der Waals surface area contributed by atoms with Crippen LogP contribution in [0.3, 0.4) is 0 Å². The molecular formula is C16H22N2O2. The van der Waals surface area contributed by atoms with Crippen molar-refractivity contribution in [3.05, 3.63) is 29.8 Å². The summed E-state index contributed by atoms with van der Waals surface area (Å²) < 4.78 is 0. The fraction of sp³-hybridized carbons (Fsp3) is 0.562. The third-order valence-corrected chi connectivity index (χ3v) is 4.63. The van der Waals surface area contributed by atoms with Gasteiger partial charge in [0.1, 0.15) is 0 Å². The van der Waals surface area contributed by atoms with Crippen molar-refractivity contribution >= 4 is 11.7 Å². The van der Waals surface area contributed by atoms with Crippen molar-refractivity contribution < 1.29 is 9.90 Å². The van der Waals surface area contributed by atoms with E-state index < -0.39 is 5.97 Å². The van der Waals surface area contributed by atoms with Crippen molar-refractivity contribution in [1.82, 2.24) is 4.90 Å². The standard InChI is InChI=1S/C16H22N2O2/c1-12-10-17-9-5-4-6-13(17)11-18(12)15-8-3-2-7-14(15)16(19)20/h2-3,7-8,12-13H,4-6,9-11H2,1H3,(H,19,20). The van der Waals surface area contributed by atoms with E-state index in [0.29, 0.717) is 17.6 Å². The first kappa shape index (κ1) is 13.4. The minimum absolute atomic E-state index is 0.366. The van der Waals surface area contributed by atoms with Gasteiger partial charge in [0, 0.05) is 25.2 Å². The predicted octanol–water partition coefficient (Wildman–Crippen LogP) is 2.45. The van der Waals surface area contributed by atoms with Crippen molar-refractivity contribution in [2.24, 2.45) is 0 Å². The number of rotatable bonds is 2. The van der Waals surface area contributed by atoms with Gasteiger partial charge in [0.05, 0.1) is 11.3 Å². The number of carbonyl (C=O) groups is 1. The van der Waals surface area contributed by atoms with Crippen LogP contribution in [0.5, 0.6) is 0 Å². The van der Waals surface area contributed by atoms with E-state index >= 15 is 0 Å². The van der Waals surface area contributed by atoms with E-state index in [1.807, 2.05) is 12.1 Å². The predicted molar refractivity (Wildman–Crippen MR) is 79.4 cm³/mol. The zero-order valence-corrected chi connectivity index (χ0v) is 12.0. The van der Waals surface area contributed by atoms with Crippen molar-refractivity contribution in [2.45, 2.75) is 38.3 Å². The zero-order chi connectivity index (χ0) is 14.1. The Hall–Kier alpha value is -1.55. The molecule has 2 aliphatic rings. The number of piperazine rings is 1. The summed E-state index contributed by atoms with van der Waals surface area (Å²) in [4.78, 5) is 16.3. The minimum Gasteiger partial charge on any atom is -0.478 e. The van der Waals surface area contributed by atoms with Crippen molar-refractivity contribution in [2.75, 3.05) is 24.5 Å². The molecular weight excluding hydrogens is 252 g/mol. The SMILES string of the molecule is CC1CN2CCCCC2CN1c1ccccc1C(=O)O. The lowest BCUT2D eigenvalue weighted by molar-refractivity contribution is 0.0696. The second kappa shape index (κ2) is 5.44. The number of hydrogen-bond acceptors (Lipinski definition) is 3. The van der Waals surface area contributed by atoms with Gasteiger partial charge in [-0.15, -0.1) is 0 Å². The number of carboxylic acids is 1. The van der Waals surface area contributed by atoms with Crippen molar-refractivity contribution in [3.63, 3.8) is 0 Å². The van der Waals surface area contributed by atoms with Crippen LogP contribution < -0.4 is 4.90 Å². The lowest BCUT2D eigenvalue weighted by Gasteiger charge is -2.48. The van der Waals surface area contributed by atoms with Gasteiger partial charge in [-0.05, 0) is 38.4 Å². The molecule has 2 saturated heterocycles. The Morgan fingerprint density at radius 3 is 2.85 bits per heavy atom. The van der Waals surface area contributed by atoms with Gasteiger partial charge in [0.15, 0.2) is 0 Å². The van der Waals surface area contributed by atoms with E-state index in [-0.39, 0.29) is 0 Å². The highest BCUT2D eigenvalue weighted by molar-refractivity contribution is 5.94. The number of hydrogen-bond donors (Lipinski definition) is 1. The molecule has 2 heterocycles. The lowest BCUT2D eigenvalue weighted by Crippen LogP contribution is -2.59. The molecule has 4 heteroatoms. The van der Waals surface area contributed by atoms with E-state index in [2.05, 4.69) is 16.7 Å². The lowest BCUT2D eigenvalue weighted by atomic mass is 9.96. The summed E-state index contributed by atoms with van der Waals surface area (Å²) in [7, 11) is 0. The van der Waals surface area contributed by atoms with Crippen LogP contribution in [0.2, 0.25) is 0 Å². The van der Waals surface area contributed by atoms with E-state index in [9.17, 15) is 9.90 Å². The number of fused-ring (bicyclic) bond motifs is 1. The molecule has 0 amide bonds. The molecule has 1 N–H and O–H groups in total. The van der Waals surface area contributed by atoms with Gasteiger partial charge in [-0.1, -0.05) is 18.6 Å². The molecule has 20 heavy (non-hydrogen) atoms. The van der Waals surface area contributed by atoms with E-state index in [4.69, 9.17) is 0 Å². The van der Waals surface area contributed by atoms with Gasteiger partial charge >= 0.3 is 5.97 Å². The fourth-order valence-electron chi connectivity index (χ4n) is 3.59. The van der Waals surface area contributed by atoms with Gasteiger partial charge in [0.25, 0.3) is 0 Å². The van der Waals surface area contributed by atoms with Crippen LogP contribution in [-0.4, -0.2) is 47.7 Å². The summed E-state index contributed by atoms with van der Waals surface area (Å²) in [5.41, 5.74) is 1.29. The first-order valence-corrected chi connectivity index (χ1v) is 7.50. The van der Waals surface area contributed by atoms with Crippen LogP contribution in [0.1, 0.15) is 36.5 Å². The fourth-order valence-corrected chi connectivity index (χ4v) is 3.59. The average molecular weight is 274 g/mol. The number of carboxylic acid groups (broad SMARTS) is 1. The van der Waals surface area contributed by atoms with E-state index in [1.54, 1.807) is 12.1 Å². The Kier molecular flexibility index (Phi) is 3.66. The summed E-state index contributed by atoms with van der Waals surface area (Å²) in [5.74, 6) is -0.834. The first-order chi connectivity index (χ1) is 9.66. The molecule has 0 bridgehead atoms. The summed E-state index contributed by atoms with van der Waals surface area (Å²) in [6, 6.07) is 8.33. The summed E-state index contributed by atoms with van der Waals surface area (Å²) in [5, 5.41) is 9.38. The highest BCUT2D eigenvalue weighted by atomic mass is 16.4. The molecule has 3 rings (SSSR count). The van der Waals surface area contributed by atoms with Gasteiger partial charge in [0.2, 0.25) is 0 Å². The monoisotopic (exact) mass is 274 g/mol. The zero-order valence-electron chi connectivity index (χ0n) is 12.0. The quantitative estimate of drug-likeness (QED) is 0.899. The molecule has 0 aromatic heterocycles. The molecule has 108 valence electrons. The van der Waals surface area contributed by atoms with Crippen LogP contribution in [0.15, 0.2) is 24.3 Å². The number of benzene rings is 1. The van der Waals surface area contributed by atoms with Crippen LogP contribution >= 0.6 is 0 Å². The summed E-state index contributed by atoms with van der Waals surface area (Å²) in [6.07, 6.45) is 3.83. The topological polar surface area (TPSA) is 43.8 Å². The maximum atomic E-state index is 11.4. The Labute approximate surface area is 120 Å². The highest BCUT2D eigenvalue weighted by Crippen LogP contribution is 2.30. The van der Waals surface area contributed by atoms with E-state index in [1.165, 1.54) is 25.8 Å². The Morgan fingerprint density at radius 1 is 1.25 bits per heavy atom. The molecule has 0 aliphatic carbocycles. The number of aromatic carboxylic acids is 1. The molecule has 0 saturated carbocycles. The molecule has 1 aromatic carbocycles. The summed E-state index contributed by atoms with van der Waals surface area (Å²) >= 11 is 0. The van der Waals surface area contributed by atoms with Crippen molar-refractivity contribution in [3.8, 4) is 0 Å². The number of anilines is 1. The third-order valence-electron chi connectivity index (χ3n) is 4.63. The third kappa shape index (κ3) is 2.40. The van der Waals surface area contributed by atoms with Gasteiger partial charge < -0.3 is 10.0 Å². The Balaban J connectivity index is 1.88. The smallest absolute Gasteiger partial charge is 0.337 e. The van der Waals surface area contributed by atoms with Crippen molar-refractivity contribution in [1.29, 1.82) is 0 Å². The van der Waals surface area contributed by atoms with Gasteiger partial charge in [-0.25, -0.2) is 4.79 Å². The normalized spacial score (nSPS) is 27.1.